The number of rotatable bonds is 5. The number of carbonyl (C=O) groups is 1. The van der Waals surface area contributed by atoms with Crippen molar-refractivity contribution in [3.05, 3.63) is 10.6 Å². The van der Waals surface area contributed by atoms with Crippen molar-refractivity contribution in [2.45, 2.75) is 39.2 Å². The van der Waals surface area contributed by atoms with Crippen molar-refractivity contribution in [3.63, 3.8) is 0 Å². The zero-order valence-electron chi connectivity index (χ0n) is 11.7. The van der Waals surface area contributed by atoms with Gasteiger partial charge in [-0.15, -0.1) is 0 Å². The highest BCUT2D eigenvalue weighted by molar-refractivity contribution is 7.17. The summed E-state index contributed by atoms with van der Waals surface area (Å²) in [6.45, 7) is 4.78. The molecule has 0 amide bonds. The molecule has 0 radical (unpaired) electrons. The number of nitrogens with zero attached hydrogens (tertiary/aromatic N) is 2. The Labute approximate surface area is 118 Å². The molecule has 0 bridgehead atoms. The van der Waals surface area contributed by atoms with Crippen LogP contribution in [-0.2, 0) is 11.3 Å². The van der Waals surface area contributed by atoms with Crippen molar-refractivity contribution in [2.24, 2.45) is 5.92 Å². The molecular weight excluding hydrogens is 260 g/mol. The van der Waals surface area contributed by atoms with Gasteiger partial charge in [0.2, 0.25) is 0 Å². The van der Waals surface area contributed by atoms with E-state index < -0.39 is 0 Å². The summed E-state index contributed by atoms with van der Waals surface area (Å²) in [4.78, 5) is 18.7. The average Bonchev–Trinajstić information content (AvgIpc) is 2.68. The Morgan fingerprint density at radius 3 is 3.00 bits per heavy atom. The molecule has 1 aliphatic rings. The predicted molar refractivity (Wildman–Crippen MR) is 78.1 cm³/mol. The van der Waals surface area contributed by atoms with E-state index in [2.05, 4.69) is 16.8 Å². The first-order valence-corrected chi connectivity index (χ1v) is 7.78. The highest BCUT2D eigenvalue weighted by atomic mass is 32.1. The number of methoxy groups -OCH3 is 1. The molecular formula is C14H22N2O2S. The van der Waals surface area contributed by atoms with Crippen molar-refractivity contribution in [1.29, 1.82) is 0 Å². The molecule has 2 rings (SSSR count). The van der Waals surface area contributed by atoms with Gasteiger partial charge in [-0.1, -0.05) is 24.7 Å². The van der Waals surface area contributed by atoms with Crippen LogP contribution < -0.4 is 4.90 Å². The summed E-state index contributed by atoms with van der Waals surface area (Å²) in [5.41, 5.74) is 0.772. The van der Waals surface area contributed by atoms with E-state index in [0.717, 1.165) is 36.1 Å². The Morgan fingerprint density at radius 2 is 2.32 bits per heavy atom. The van der Waals surface area contributed by atoms with E-state index in [0.29, 0.717) is 11.5 Å². The average molecular weight is 282 g/mol. The number of aromatic nitrogens is 1. The van der Waals surface area contributed by atoms with Gasteiger partial charge in [0.1, 0.15) is 0 Å². The molecule has 5 heteroatoms. The van der Waals surface area contributed by atoms with Gasteiger partial charge < -0.3 is 9.64 Å². The molecule has 1 saturated heterocycles. The second-order valence-electron chi connectivity index (χ2n) is 5.05. The van der Waals surface area contributed by atoms with Gasteiger partial charge in [0.05, 0.1) is 17.2 Å². The zero-order chi connectivity index (χ0) is 13.7. The van der Waals surface area contributed by atoms with Crippen LogP contribution >= 0.6 is 11.3 Å². The summed E-state index contributed by atoms with van der Waals surface area (Å²) in [6.07, 6.45) is 5.91. The number of hydrogen-bond acceptors (Lipinski definition) is 5. The highest BCUT2D eigenvalue weighted by Crippen LogP contribution is 2.29. The van der Waals surface area contributed by atoms with E-state index >= 15 is 0 Å². The van der Waals surface area contributed by atoms with Crippen LogP contribution in [-0.4, -0.2) is 31.5 Å². The Hall–Kier alpha value is -0.940. The summed E-state index contributed by atoms with van der Waals surface area (Å²) < 4.78 is 5.10. The van der Waals surface area contributed by atoms with Crippen LogP contribution in [0.15, 0.2) is 0 Å². The molecule has 0 saturated carbocycles. The lowest BCUT2D eigenvalue weighted by Crippen LogP contribution is -2.24. The molecule has 1 aliphatic heterocycles. The molecule has 0 spiro atoms. The monoisotopic (exact) mass is 282 g/mol. The molecule has 0 aromatic carbocycles. The molecule has 1 atom stereocenters. The number of hydrogen-bond donors (Lipinski definition) is 0. The van der Waals surface area contributed by atoms with Crippen molar-refractivity contribution < 1.29 is 9.53 Å². The van der Waals surface area contributed by atoms with Crippen molar-refractivity contribution >= 4 is 22.8 Å². The Kier molecular flexibility index (Phi) is 5.34. The van der Waals surface area contributed by atoms with Crippen LogP contribution in [0.5, 0.6) is 0 Å². The molecule has 1 aromatic rings. The second kappa shape index (κ2) is 7.01. The first kappa shape index (κ1) is 14.5. The maximum Gasteiger partial charge on any atom is 0.186 e. The fraction of sp³-hybridized carbons (Fsp3) is 0.714. The predicted octanol–water partition coefficient (Wildman–Crippen LogP) is 3.12. The van der Waals surface area contributed by atoms with E-state index in [1.807, 2.05) is 0 Å². The minimum atomic E-state index is 0.413. The lowest BCUT2D eigenvalue weighted by Gasteiger charge is -2.19. The van der Waals surface area contributed by atoms with Crippen molar-refractivity contribution in [1.82, 2.24) is 4.98 Å². The lowest BCUT2D eigenvalue weighted by molar-refractivity contribution is 0.112. The normalized spacial score (nSPS) is 20.3. The third kappa shape index (κ3) is 3.54. The van der Waals surface area contributed by atoms with Crippen LogP contribution in [0.4, 0.5) is 5.13 Å². The lowest BCUT2D eigenvalue weighted by atomic mass is 9.98. The quantitative estimate of drug-likeness (QED) is 0.778. The van der Waals surface area contributed by atoms with Gasteiger partial charge in [0.15, 0.2) is 11.4 Å². The van der Waals surface area contributed by atoms with Crippen LogP contribution in [0.25, 0.3) is 0 Å². The Balaban J connectivity index is 2.10. The Morgan fingerprint density at radius 1 is 1.47 bits per heavy atom. The van der Waals surface area contributed by atoms with E-state index in [-0.39, 0.29) is 0 Å². The fourth-order valence-corrected chi connectivity index (χ4v) is 3.52. The van der Waals surface area contributed by atoms with Crippen molar-refractivity contribution in [3.8, 4) is 0 Å². The number of thiazole rings is 1. The summed E-state index contributed by atoms with van der Waals surface area (Å²) >= 11 is 1.49. The minimum absolute atomic E-state index is 0.413. The van der Waals surface area contributed by atoms with Gasteiger partial charge in [0, 0.05) is 20.2 Å². The van der Waals surface area contributed by atoms with Crippen LogP contribution in [0.3, 0.4) is 0 Å². The van der Waals surface area contributed by atoms with E-state index in [4.69, 9.17) is 4.74 Å². The van der Waals surface area contributed by atoms with E-state index in [9.17, 15) is 4.79 Å². The third-order valence-corrected chi connectivity index (χ3v) is 4.88. The maximum absolute atomic E-state index is 11.1. The zero-order valence-corrected chi connectivity index (χ0v) is 12.5. The molecule has 106 valence electrons. The van der Waals surface area contributed by atoms with E-state index in [1.165, 1.54) is 37.0 Å². The smallest absolute Gasteiger partial charge is 0.186 e. The largest absolute Gasteiger partial charge is 0.378 e. The molecule has 4 nitrogen and oxygen atoms in total. The van der Waals surface area contributed by atoms with Crippen LogP contribution in [0.2, 0.25) is 0 Å². The molecule has 1 unspecified atom stereocenters. The molecule has 1 aromatic heterocycles. The van der Waals surface area contributed by atoms with E-state index in [1.54, 1.807) is 7.11 Å². The number of ether oxygens (including phenoxy) is 1. The summed E-state index contributed by atoms with van der Waals surface area (Å²) in [6, 6.07) is 0. The van der Waals surface area contributed by atoms with Crippen LogP contribution in [0.1, 0.15) is 48.0 Å². The molecule has 1 fully saturated rings. The number of anilines is 1. The van der Waals surface area contributed by atoms with Gasteiger partial charge in [-0.3, -0.25) is 4.79 Å². The molecule has 19 heavy (non-hydrogen) atoms. The summed E-state index contributed by atoms with van der Waals surface area (Å²) in [7, 11) is 1.63. The highest BCUT2D eigenvalue weighted by Gasteiger charge is 2.20. The van der Waals surface area contributed by atoms with Gasteiger partial charge in [-0.05, 0) is 25.2 Å². The third-order valence-electron chi connectivity index (χ3n) is 3.80. The van der Waals surface area contributed by atoms with Crippen LogP contribution in [0, 0.1) is 5.92 Å². The molecule has 2 heterocycles. The fourth-order valence-electron chi connectivity index (χ4n) is 2.58. The van der Waals surface area contributed by atoms with Gasteiger partial charge in [0.25, 0.3) is 0 Å². The SMILES string of the molecule is CCC1CCCN(c2nc(COC)c(C=O)s2)CC1. The number of carbonyl (C=O) groups excluding carboxylic acids is 1. The van der Waals surface area contributed by atoms with Gasteiger partial charge in [-0.2, -0.15) is 0 Å². The standard InChI is InChI=1S/C14H22N2O2S/c1-3-11-5-4-7-16(8-6-11)14-15-12(10-18-2)13(9-17)19-14/h9,11H,3-8,10H2,1-2H3. The first-order valence-electron chi connectivity index (χ1n) is 6.97. The van der Waals surface area contributed by atoms with Gasteiger partial charge in [-0.25, -0.2) is 4.98 Å². The second-order valence-corrected chi connectivity index (χ2v) is 6.06. The topological polar surface area (TPSA) is 42.4 Å². The van der Waals surface area contributed by atoms with Gasteiger partial charge >= 0.3 is 0 Å². The van der Waals surface area contributed by atoms with Crippen molar-refractivity contribution in [2.75, 3.05) is 25.1 Å². The molecule has 0 aliphatic carbocycles. The number of aldehydes is 1. The summed E-state index contributed by atoms with van der Waals surface area (Å²) in [5.74, 6) is 0.842. The summed E-state index contributed by atoms with van der Waals surface area (Å²) in [5, 5.41) is 0.978. The minimum Gasteiger partial charge on any atom is -0.378 e. The first-order chi connectivity index (χ1) is 9.28. The Bertz CT molecular complexity index is 420. The molecule has 0 N–H and O–H groups in total. The maximum atomic E-state index is 11.1.